The van der Waals surface area contributed by atoms with Crippen molar-refractivity contribution in [1.82, 2.24) is 15.1 Å². The first-order chi connectivity index (χ1) is 9.43. The van der Waals surface area contributed by atoms with E-state index in [9.17, 15) is 19.7 Å². The summed E-state index contributed by atoms with van der Waals surface area (Å²) >= 11 is 0. The lowest BCUT2D eigenvalue weighted by molar-refractivity contribution is -0.389. The van der Waals surface area contributed by atoms with Crippen molar-refractivity contribution in [3.05, 3.63) is 22.4 Å². The Labute approximate surface area is 113 Å². The molecule has 2 N–H and O–H groups in total. The normalized spacial score (nSPS) is 11.8. The maximum Gasteiger partial charge on any atom is 0.389 e. The molecule has 0 aromatic carbocycles. The van der Waals surface area contributed by atoms with Gasteiger partial charge >= 0.3 is 11.8 Å². The molecule has 10 heteroatoms. The van der Waals surface area contributed by atoms with Crippen LogP contribution in [0.4, 0.5) is 5.82 Å². The van der Waals surface area contributed by atoms with E-state index in [-0.39, 0.29) is 25.4 Å². The summed E-state index contributed by atoms with van der Waals surface area (Å²) in [6, 6.07) is 0.0698. The van der Waals surface area contributed by atoms with E-state index in [0.717, 1.165) is 10.7 Å². The highest BCUT2D eigenvalue weighted by Crippen LogP contribution is 2.05. The Kier molecular flexibility index (Phi) is 5.59. The van der Waals surface area contributed by atoms with Crippen LogP contribution < -0.4 is 5.32 Å². The molecule has 0 aliphatic rings. The summed E-state index contributed by atoms with van der Waals surface area (Å²) in [6.07, 6.45) is 1.39. The largest absolute Gasteiger partial charge is 0.480 e. The van der Waals surface area contributed by atoms with Gasteiger partial charge in [-0.2, -0.15) is 4.68 Å². The second kappa shape index (κ2) is 7.19. The van der Waals surface area contributed by atoms with Crippen molar-refractivity contribution in [2.75, 3.05) is 13.7 Å². The molecule has 1 rings (SSSR count). The van der Waals surface area contributed by atoms with Gasteiger partial charge in [-0.1, -0.05) is 0 Å². The topological polar surface area (TPSA) is 137 Å². The highest BCUT2D eigenvalue weighted by atomic mass is 16.6. The van der Waals surface area contributed by atoms with E-state index in [1.54, 1.807) is 0 Å². The molecule has 10 nitrogen and oxygen atoms in total. The first-order valence-electron chi connectivity index (χ1n) is 5.63. The fraction of sp³-hybridized carbons (Fsp3) is 0.500. The van der Waals surface area contributed by atoms with Crippen molar-refractivity contribution in [3.8, 4) is 0 Å². The summed E-state index contributed by atoms with van der Waals surface area (Å²) in [7, 11) is 1.42. The van der Waals surface area contributed by atoms with Gasteiger partial charge in [0.2, 0.25) is 5.91 Å². The second-order valence-corrected chi connectivity index (χ2v) is 3.87. The minimum Gasteiger partial charge on any atom is -0.480 e. The molecule has 0 bridgehead atoms. The van der Waals surface area contributed by atoms with Crippen LogP contribution in [0.2, 0.25) is 0 Å². The predicted molar refractivity (Wildman–Crippen MR) is 64.9 cm³/mol. The average Bonchev–Trinajstić information content (AvgIpc) is 2.82. The number of carbonyl (C=O) groups excluding carboxylic acids is 1. The number of nitrogens with zero attached hydrogens (tertiary/aromatic N) is 3. The van der Waals surface area contributed by atoms with Gasteiger partial charge in [-0.25, -0.2) is 4.79 Å². The van der Waals surface area contributed by atoms with Gasteiger partial charge in [-0.05, 0) is 4.92 Å². The van der Waals surface area contributed by atoms with Gasteiger partial charge in [0.15, 0.2) is 0 Å². The van der Waals surface area contributed by atoms with E-state index in [4.69, 9.17) is 9.84 Å². The van der Waals surface area contributed by atoms with Gasteiger partial charge < -0.3 is 25.3 Å². The first kappa shape index (κ1) is 15.6. The maximum atomic E-state index is 11.6. The molecule has 110 valence electrons. The van der Waals surface area contributed by atoms with Crippen LogP contribution >= 0.6 is 0 Å². The van der Waals surface area contributed by atoms with Crippen molar-refractivity contribution in [1.29, 1.82) is 0 Å². The number of rotatable bonds is 8. The Bertz CT molecular complexity index is 500. The van der Waals surface area contributed by atoms with Crippen molar-refractivity contribution in [2.45, 2.75) is 19.0 Å². The van der Waals surface area contributed by atoms with Gasteiger partial charge in [0.05, 0.1) is 17.4 Å². The van der Waals surface area contributed by atoms with E-state index >= 15 is 0 Å². The number of aromatic nitrogens is 2. The van der Waals surface area contributed by atoms with Crippen molar-refractivity contribution < 1.29 is 24.4 Å². The molecule has 1 aromatic rings. The third-order valence-corrected chi connectivity index (χ3v) is 2.36. The molecule has 0 aliphatic heterocycles. The Hall–Kier alpha value is -2.49. The Morgan fingerprint density at radius 3 is 2.85 bits per heavy atom. The van der Waals surface area contributed by atoms with Crippen LogP contribution in [0.3, 0.4) is 0 Å². The van der Waals surface area contributed by atoms with Crippen molar-refractivity contribution in [3.63, 3.8) is 0 Å². The van der Waals surface area contributed by atoms with Crippen LogP contribution in [0.1, 0.15) is 6.42 Å². The van der Waals surface area contributed by atoms with Crippen LogP contribution in [0.5, 0.6) is 0 Å². The number of nitro groups is 1. The van der Waals surface area contributed by atoms with Crippen LogP contribution in [-0.4, -0.2) is 51.4 Å². The molecule has 0 radical (unpaired) electrons. The van der Waals surface area contributed by atoms with Crippen LogP contribution in [0, 0.1) is 10.1 Å². The lowest BCUT2D eigenvalue weighted by atomic mass is 10.2. The average molecular weight is 286 g/mol. The number of ether oxygens (including phenoxy) is 1. The lowest BCUT2D eigenvalue weighted by Crippen LogP contribution is -2.43. The summed E-state index contributed by atoms with van der Waals surface area (Å²) < 4.78 is 5.80. The second-order valence-electron chi connectivity index (χ2n) is 3.87. The van der Waals surface area contributed by atoms with Crippen LogP contribution in [0.15, 0.2) is 12.3 Å². The van der Waals surface area contributed by atoms with E-state index in [0.29, 0.717) is 0 Å². The summed E-state index contributed by atoms with van der Waals surface area (Å²) in [5.41, 5.74) is 0. The van der Waals surface area contributed by atoms with Crippen LogP contribution in [-0.2, 0) is 20.9 Å². The standard InChI is InChI=1S/C10H14N4O6/c1-20-5-3-7(10(16)17)11-9(15)6-13-4-2-8(12-13)14(18)19/h2,4,7H,3,5-6H2,1H3,(H,11,15)(H,16,17). The summed E-state index contributed by atoms with van der Waals surface area (Å²) in [5.74, 6) is -2.17. The minimum absolute atomic E-state index is 0.122. The third kappa shape index (κ3) is 4.65. The molecule has 1 amide bonds. The molecule has 0 saturated carbocycles. The zero-order chi connectivity index (χ0) is 15.1. The van der Waals surface area contributed by atoms with E-state index in [1.165, 1.54) is 13.3 Å². The lowest BCUT2D eigenvalue weighted by Gasteiger charge is -2.13. The molecule has 1 heterocycles. The van der Waals surface area contributed by atoms with E-state index in [2.05, 4.69) is 10.4 Å². The number of hydrogen-bond acceptors (Lipinski definition) is 6. The zero-order valence-electron chi connectivity index (χ0n) is 10.7. The van der Waals surface area contributed by atoms with Gasteiger partial charge in [0.1, 0.15) is 12.6 Å². The quantitative estimate of drug-likeness (QED) is 0.480. The number of carboxylic acid groups (broad SMARTS) is 1. The molecular formula is C10H14N4O6. The van der Waals surface area contributed by atoms with Crippen LogP contribution in [0.25, 0.3) is 0 Å². The molecule has 20 heavy (non-hydrogen) atoms. The number of aliphatic carboxylic acids is 1. The Balaban J connectivity index is 2.56. The summed E-state index contributed by atoms with van der Waals surface area (Å²) in [6.45, 7) is -0.116. The predicted octanol–water partition coefficient (Wildman–Crippen LogP) is -0.603. The Morgan fingerprint density at radius 1 is 1.65 bits per heavy atom. The third-order valence-electron chi connectivity index (χ3n) is 2.36. The minimum atomic E-state index is -1.18. The number of carbonyl (C=O) groups is 2. The van der Waals surface area contributed by atoms with Gasteiger partial charge in [0.25, 0.3) is 0 Å². The van der Waals surface area contributed by atoms with Crippen molar-refractivity contribution >= 4 is 17.7 Å². The molecule has 1 aromatic heterocycles. The highest BCUT2D eigenvalue weighted by molar-refractivity contribution is 5.83. The fourth-order valence-corrected chi connectivity index (χ4v) is 1.42. The molecule has 0 aliphatic carbocycles. The molecular weight excluding hydrogens is 272 g/mol. The molecule has 1 unspecified atom stereocenters. The summed E-state index contributed by atoms with van der Waals surface area (Å²) in [4.78, 5) is 32.3. The molecule has 0 saturated heterocycles. The smallest absolute Gasteiger partial charge is 0.389 e. The number of nitrogens with one attached hydrogen (secondary N) is 1. The monoisotopic (exact) mass is 286 g/mol. The fourth-order valence-electron chi connectivity index (χ4n) is 1.42. The number of hydrogen-bond donors (Lipinski definition) is 2. The van der Waals surface area contributed by atoms with Gasteiger partial charge in [-0.3, -0.25) is 4.79 Å². The van der Waals surface area contributed by atoms with Gasteiger partial charge in [-0.15, -0.1) is 0 Å². The molecule has 0 fully saturated rings. The maximum absolute atomic E-state index is 11.6. The number of carboxylic acids is 1. The molecule has 0 spiro atoms. The number of methoxy groups -OCH3 is 1. The van der Waals surface area contributed by atoms with E-state index in [1.807, 2.05) is 0 Å². The first-order valence-corrected chi connectivity index (χ1v) is 5.63. The Morgan fingerprint density at radius 2 is 2.35 bits per heavy atom. The SMILES string of the molecule is COCCC(NC(=O)Cn1ccc([N+](=O)[O-])n1)C(=O)O. The van der Waals surface area contributed by atoms with E-state index < -0.39 is 22.8 Å². The zero-order valence-corrected chi connectivity index (χ0v) is 10.7. The van der Waals surface area contributed by atoms with Crippen molar-refractivity contribution in [2.24, 2.45) is 0 Å². The van der Waals surface area contributed by atoms with Gasteiger partial charge in [0, 0.05) is 20.1 Å². The highest BCUT2D eigenvalue weighted by Gasteiger charge is 2.21. The number of amides is 1. The summed E-state index contributed by atoms with van der Waals surface area (Å²) in [5, 5.41) is 25.2. The molecule has 1 atom stereocenters.